The summed E-state index contributed by atoms with van der Waals surface area (Å²) in [6, 6.07) is 0. The van der Waals surface area contributed by atoms with E-state index in [0.717, 1.165) is 43.9 Å². The molecule has 0 aromatic rings. The third-order valence-electron chi connectivity index (χ3n) is 7.95. The molecular weight excluding hydrogens is 512 g/mol. The second-order valence-corrected chi connectivity index (χ2v) is 13.3. The smallest absolute Gasteiger partial charge is 0.305 e. The Hall–Kier alpha value is -1.10. The standard InChI is InChI=1S/C36H70O5/c1-32(2)26-22-18-14-10-6-5-7-12-16-20-24-28-35(38)40-30-34(37)31-41-36(39)29-25-21-17-13-9-8-11-15-19-23-27-33(3)4/h32-34,37H,5-31H2,1-4H3/t34-/m1/s1. The lowest BCUT2D eigenvalue weighted by Gasteiger charge is -2.12. The minimum absolute atomic E-state index is 0.110. The first-order valence-electron chi connectivity index (χ1n) is 17.8. The van der Waals surface area contributed by atoms with Gasteiger partial charge in [0.15, 0.2) is 0 Å². The highest BCUT2D eigenvalue weighted by atomic mass is 16.6. The number of aliphatic hydroxyl groups excluding tert-OH is 1. The number of esters is 2. The molecule has 0 aliphatic rings. The molecule has 0 radical (unpaired) electrons. The first-order valence-corrected chi connectivity index (χ1v) is 17.8. The van der Waals surface area contributed by atoms with Crippen LogP contribution < -0.4 is 0 Å². The zero-order valence-electron chi connectivity index (χ0n) is 27.9. The average molecular weight is 583 g/mol. The van der Waals surface area contributed by atoms with E-state index in [4.69, 9.17) is 9.47 Å². The number of carbonyl (C=O) groups is 2. The quantitative estimate of drug-likeness (QED) is 0.0650. The van der Waals surface area contributed by atoms with Crippen LogP contribution in [0.15, 0.2) is 0 Å². The third kappa shape index (κ3) is 33.3. The molecule has 5 nitrogen and oxygen atoms in total. The van der Waals surface area contributed by atoms with Crippen LogP contribution in [0.2, 0.25) is 0 Å². The minimum Gasteiger partial charge on any atom is -0.463 e. The van der Waals surface area contributed by atoms with Gasteiger partial charge < -0.3 is 14.6 Å². The topological polar surface area (TPSA) is 72.8 Å². The maximum absolute atomic E-state index is 11.9. The van der Waals surface area contributed by atoms with Crippen LogP contribution in [0.3, 0.4) is 0 Å². The number of hydrogen-bond acceptors (Lipinski definition) is 5. The molecule has 0 bridgehead atoms. The highest BCUT2D eigenvalue weighted by Crippen LogP contribution is 2.15. The number of unbranched alkanes of at least 4 members (excludes halogenated alkanes) is 19. The predicted molar refractivity (Wildman–Crippen MR) is 173 cm³/mol. The number of carbonyl (C=O) groups excluding carboxylic acids is 2. The molecule has 5 heteroatoms. The molecule has 41 heavy (non-hydrogen) atoms. The number of aliphatic hydroxyl groups is 1. The summed E-state index contributed by atoms with van der Waals surface area (Å²) in [6.07, 6.45) is 28.7. The molecule has 0 fully saturated rings. The summed E-state index contributed by atoms with van der Waals surface area (Å²) < 4.78 is 10.3. The first-order chi connectivity index (χ1) is 19.8. The highest BCUT2D eigenvalue weighted by molar-refractivity contribution is 5.69. The summed E-state index contributed by atoms with van der Waals surface area (Å²) >= 11 is 0. The summed E-state index contributed by atoms with van der Waals surface area (Å²) in [5.74, 6) is 1.11. The van der Waals surface area contributed by atoms with E-state index in [0.29, 0.717) is 12.8 Å². The van der Waals surface area contributed by atoms with E-state index in [9.17, 15) is 14.7 Å². The van der Waals surface area contributed by atoms with Crippen LogP contribution in [-0.4, -0.2) is 36.4 Å². The van der Waals surface area contributed by atoms with E-state index in [2.05, 4.69) is 27.7 Å². The van der Waals surface area contributed by atoms with Gasteiger partial charge in [0.05, 0.1) is 0 Å². The molecule has 0 unspecified atom stereocenters. The Morgan fingerprint density at radius 3 is 0.951 bits per heavy atom. The van der Waals surface area contributed by atoms with Crippen LogP contribution in [0.4, 0.5) is 0 Å². The van der Waals surface area contributed by atoms with Gasteiger partial charge in [-0.25, -0.2) is 0 Å². The average Bonchev–Trinajstić information content (AvgIpc) is 2.93. The van der Waals surface area contributed by atoms with Gasteiger partial charge in [-0.3, -0.25) is 9.59 Å². The van der Waals surface area contributed by atoms with E-state index in [1.807, 2.05) is 0 Å². The summed E-state index contributed by atoms with van der Waals surface area (Å²) in [4.78, 5) is 23.8. The molecule has 0 aromatic carbocycles. The maximum atomic E-state index is 11.9. The van der Waals surface area contributed by atoms with Crippen molar-refractivity contribution in [2.75, 3.05) is 13.2 Å². The van der Waals surface area contributed by atoms with E-state index in [-0.39, 0.29) is 25.2 Å². The van der Waals surface area contributed by atoms with Crippen LogP contribution in [0, 0.1) is 11.8 Å². The van der Waals surface area contributed by atoms with Crippen molar-refractivity contribution in [1.82, 2.24) is 0 Å². The van der Waals surface area contributed by atoms with Crippen molar-refractivity contribution in [3.8, 4) is 0 Å². The summed E-state index contributed by atoms with van der Waals surface area (Å²) in [5.41, 5.74) is 0. The van der Waals surface area contributed by atoms with Crippen molar-refractivity contribution < 1.29 is 24.2 Å². The fourth-order valence-electron chi connectivity index (χ4n) is 5.22. The zero-order valence-corrected chi connectivity index (χ0v) is 27.9. The lowest BCUT2D eigenvalue weighted by Crippen LogP contribution is -2.25. The van der Waals surface area contributed by atoms with E-state index in [1.165, 1.54) is 116 Å². The number of hydrogen-bond donors (Lipinski definition) is 1. The Morgan fingerprint density at radius 2 is 0.683 bits per heavy atom. The van der Waals surface area contributed by atoms with Gasteiger partial charge in [-0.05, 0) is 24.7 Å². The largest absolute Gasteiger partial charge is 0.463 e. The molecule has 1 N–H and O–H groups in total. The Balaban J connectivity index is 3.41. The molecule has 0 aliphatic heterocycles. The molecular formula is C36H70O5. The van der Waals surface area contributed by atoms with Gasteiger partial charge in [0, 0.05) is 12.8 Å². The molecule has 1 atom stereocenters. The van der Waals surface area contributed by atoms with Gasteiger partial charge in [-0.15, -0.1) is 0 Å². The lowest BCUT2D eigenvalue weighted by molar-refractivity contribution is -0.152. The predicted octanol–water partition coefficient (Wildman–Crippen LogP) is 10.5. The van der Waals surface area contributed by atoms with Gasteiger partial charge in [0.25, 0.3) is 0 Å². The van der Waals surface area contributed by atoms with Gasteiger partial charge in [-0.2, -0.15) is 0 Å². The molecule has 0 aromatic heterocycles. The van der Waals surface area contributed by atoms with Crippen LogP contribution >= 0.6 is 0 Å². The third-order valence-corrected chi connectivity index (χ3v) is 7.95. The fraction of sp³-hybridized carbons (Fsp3) is 0.944. The van der Waals surface area contributed by atoms with Gasteiger partial charge >= 0.3 is 11.9 Å². The number of ether oxygens (including phenoxy) is 2. The van der Waals surface area contributed by atoms with E-state index in [1.54, 1.807) is 0 Å². The maximum Gasteiger partial charge on any atom is 0.305 e. The summed E-state index contributed by atoms with van der Waals surface area (Å²) in [5, 5.41) is 9.97. The zero-order chi connectivity index (χ0) is 30.4. The van der Waals surface area contributed by atoms with Crippen molar-refractivity contribution >= 4 is 11.9 Å². The molecule has 0 aliphatic carbocycles. The molecule has 0 saturated heterocycles. The normalized spacial score (nSPS) is 12.3. The molecule has 0 saturated carbocycles. The van der Waals surface area contributed by atoms with Crippen molar-refractivity contribution in [3.63, 3.8) is 0 Å². The van der Waals surface area contributed by atoms with Crippen LogP contribution in [0.1, 0.15) is 188 Å². The Labute approximate surface area is 255 Å². The summed E-state index contributed by atoms with van der Waals surface area (Å²) in [7, 11) is 0. The highest BCUT2D eigenvalue weighted by Gasteiger charge is 2.12. The molecule has 0 rings (SSSR count). The Bertz CT molecular complexity index is 574. The SMILES string of the molecule is CC(C)CCCCCCCCCCCCCC(=O)OC[C@@H](O)COC(=O)CCCCCCCCCCCCC(C)C. The van der Waals surface area contributed by atoms with Gasteiger partial charge in [-0.1, -0.05) is 163 Å². The summed E-state index contributed by atoms with van der Waals surface area (Å²) in [6.45, 7) is 8.97. The van der Waals surface area contributed by atoms with Gasteiger partial charge in [0.2, 0.25) is 0 Å². The fourth-order valence-corrected chi connectivity index (χ4v) is 5.22. The first kappa shape index (κ1) is 39.9. The van der Waals surface area contributed by atoms with Crippen molar-refractivity contribution in [2.24, 2.45) is 11.8 Å². The monoisotopic (exact) mass is 583 g/mol. The number of rotatable bonds is 31. The Kier molecular flexibility index (Phi) is 29.5. The van der Waals surface area contributed by atoms with Crippen LogP contribution in [0.5, 0.6) is 0 Å². The molecule has 0 spiro atoms. The van der Waals surface area contributed by atoms with E-state index >= 15 is 0 Å². The van der Waals surface area contributed by atoms with Crippen molar-refractivity contribution in [1.29, 1.82) is 0 Å². The molecule has 244 valence electrons. The molecule has 0 amide bonds. The van der Waals surface area contributed by atoms with E-state index < -0.39 is 6.10 Å². The van der Waals surface area contributed by atoms with Crippen LogP contribution in [-0.2, 0) is 19.1 Å². The minimum atomic E-state index is -0.955. The second kappa shape index (κ2) is 30.4. The molecule has 0 heterocycles. The van der Waals surface area contributed by atoms with Gasteiger partial charge in [0.1, 0.15) is 19.3 Å². The lowest BCUT2D eigenvalue weighted by atomic mass is 10.0. The Morgan fingerprint density at radius 1 is 0.439 bits per heavy atom. The van der Waals surface area contributed by atoms with Crippen LogP contribution in [0.25, 0.3) is 0 Å². The second-order valence-electron chi connectivity index (χ2n) is 13.3. The van der Waals surface area contributed by atoms with Crippen molar-refractivity contribution in [3.05, 3.63) is 0 Å². The van der Waals surface area contributed by atoms with Crippen molar-refractivity contribution in [2.45, 2.75) is 194 Å².